The Bertz CT molecular complexity index is 1670. The van der Waals surface area contributed by atoms with E-state index in [1.165, 1.54) is 19.1 Å². The monoisotopic (exact) mass is 706 g/mol. The van der Waals surface area contributed by atoms with Gasteiger partial charge in [-0.3, -0.25) is 14.4 Å². The van der Waals surface area contributed by atoms with Crippen LogP contribution in [0.5, 0.6) is 0 Å². The van der Waals surface area contributed by atoms with Crippen molar-refractivity contribution in [1.29, 1.82) is 5.26 Å². The molecule has 1 saturated carbocycles. The number of halogens is 9. The van der Waals surface area contributed by atoms with Gasteiger partial charge in [-0.1, -0.05) is 30.3 Å². The molecule has 0 saturated heterocycles. The lowest BCUT2D eigenvalue weighted by molar-refractivity contribution is -0.140. The van der Waals surface area contributed by atoms with Crippen LogP contribution in [0.4, 0.5) is 32.0 Å². The molecule has 1 aliphatic carbocycles. The van der Waals surface area contributed by atoms with Crippen molar-refractivity contribution in [2.24, 2.45) is 5.92 Å². The Morgan fingerprint density at radius 3 is 2.41 bits per heavy atom. The molecule has 16 heteroatoms. The van der Waals surface area contributed by atoms with Crippen LogP contribution in [0.1, 0.15) is 40.7 Å². The first kappa shape index (κ1) is 36.5. The van der Waals surface area contributed by atoms with Crippen LogP contribution in [-0.2, 0) is 15.8 Å². The summed E-state index contributed by atoms with van der Waals surface area (Å²) in [5.41, 5.74) is -3.39. The number of benzene rings is 2. The number of amides is 3. The molecule has 2 aromatic rings. The second kappa shape index (κ2) is 14.6. The highest BCUT2D eigenvalue weighted by Crippen LogP contribution is 2.65. The van der Waals surface area contributed by atoms with Crippen molar-refractivity contribution < 1.29 is 40.7 Å². The number of nitrogens with zero attached hydrogens (tertiary/aromatic N) is 2. The Balaban J connectivity index is 1.86. The predicted octanol–water partition coefficient (Wildman–Crippen LogP) is 7.74. The maximum absolute atomic E-state index is 15.5. The fourth-order valence-electron chi connectivity index (χ4n) is 4.58. The number of alkyl halides is 6. The SMILES string of the molecule is C=C/C=C(NC(=O)c1cc(NC(=O)[C@H]2[C@H](c3ccc(F)c(C(F)(F)F)c3)C2(Cl)Cl)ccc1Cl)\C(F)=C(/CF)N(CC)C(=O)CC#N. The van der Waals surface area contributed by atoms with Gasteiger partial charge in [0, 0.05) is 18.2 Å². The van der Waals surface area contributed by atoms with Gasteiger partial charge in [-0.2, -0.15) is 18.4 Å². The number of hydrogen-bond acceptors (Lipinski definition) is 4. The Morgan fingerprint density at radius 1 is 1.17 bits per heavy atom. The molecule has 0 bridgehead atoms. The summed E-state index contributed by atoms with van der Waals surface area (Å²) in [7, 11) is 0. The Hall–Kier alpha value is -3.99. The molecule has 0 spiro atoms. The van der Waals surface area contributed by atoms with Crippen molar-refractivity contribution in [3.63, 3.8) is 0 Å². The third-order valence-corrected chi connectivity index (χ3v) is 8.06. The highest BCUT2D eigenvalue weighted by Gasteiger charge is 2.67. The molecule has 3 amide bonds. The van der Waals surface area contributed by atoms with Gasteiger partial charge in [0.25, 0.3) is 5.91 Å². The zero-order valence-corrected chi connectivity index (χ0v) is 25.9. The highest BCUT2D eigenvalue weighted by molar-refractivity contribution is 6.53. The van der Waals surface area contributed by atoms with Crippen molar-refractivity contribution >= 4 is 58.2 Å². The van der Waals surface area contributed by atoms with E-state index >= 15 is 4.39 Å². The van der Waals surface area contributed by atoms with Crippen LogP contribution >= 0.6 is 34.8 Å². The number of nitriles is 1. The average Bonchev–Trinajstić information content (AvgIpc) is 3.57. The van der Waals surface area contributed by atoms with Gasteiger partial charge in [0.05, 0.1) is 39.5 Å². The molecule has 2 atom stereocenters. The molecule has 3 rings (SSSR count). The number of nitrogens with one attached hydrogen (secondary N) is 2. The number of rotatable bonds is 11. The number of hydrogen-bond donors (Lipinski definition) is 2. The van der Waals surface area contributed by atoms with E-state index in [2.05, 4.69) is 17.2 Å². The maximum atomic E-state index is 15.5. The molecule has 2 aromatic carbocycles. The van der Waals surface area contributed by atoms with Gasteiger partial charge in [0.2, 0.25) is 11.8 Å². The minimum Gasteiger partial charge on any atom is -0.326 e. The summed E-state index contributed by atoms with van der Waals surface area (Å²) in [5, 5.41) is 13.3. The zero-order chi connectivity index (χ0) is 34.6. The van der Waals surface area contributed by atoms with Gasteiger partial charge >= 0.3 is 6.18 Å². The molecule has 46 heavy (non-hydrogen) atoms. The van der Waals surface area contributed by atoms with Crippen LogP contribution in [-0.4, -0.2) is 40.2 Å². The van der Waals surface area contributed by atoms with Gasteiger partial charge < -0.3 is 15.5 Å². The quantitative estimate of drug-likeness (QED) is 0.142. The van der Waals surface area contributed by atoms with Gasteiger partial charge in [-0.25, -0.2) is 13.2 Å². The molecule has 0 aliphatic heterocycles. The fraction of sp³-hybridized carbons (Fsp3) is 0.267. The first-order valence-corrected chi connectivity index (χ1v) is 14.3. The lowest BCUT2D eigenvalue weighted by atomic mass is 10.0. The molecule has 0 radical (unpaired) electrons. The standard InChI is InChI=1S/C30H23Cl3F6N4O3/c1-3-5-21(26(36)22(14-34)43(4-2)23(44)10-11-40)42-27(45)17-13-16(7-8-19(17)31)41-28(46)25-24(29(25,32)33)15-6-9-20(35)18(12-15)30(37,38)39/h3,5-9,12-13,24-25H,1,4,10,14H2,2H3,(H,41,46)(H,42,45)/b21-5+,26-22-/t24-,25+/m0/s1. The predicted molar refractivity (Wildman–Crippen MR) is 160 cm³/mol. The Labute approximate surface area is 274 Å². The lowest BCUT2D eigenvalue weighted by Crippen LogP contribution is -2.33. The minimum atomic E-state index is -5.01. The molecule has 0 unspecified atom stereocenters. The second-order valence-electron chi connectivity index (χ2n) is 9.69. The normalized spacial score (nSPS) is 17.7. The van der Waals surface area contributed by atoms with Gasteiger partial charge in [-0.15, -0.1) is 23.2 Å². The molecule has 0 heterocycles. The van der Waals surface area contributed by atoms with E-state index in [-0.39, 0.29) is 28.4 Å². The van der Waals surface area contributed by atoms with Gasteiger partial charge in [0.1, 0.15) is 23.2 Å². The summed E-state index contributed by atoms with van der Waals surface area (Å²) in [6.07, 6.45) is -3.60. The maximum Gasteiger partial charge on any atom is 0.419 e. The average molecular weight is 708 g/mol. The van der Waals surface area contributed by atoms with Crippen LogP contribution in [0, 0.1) is 23.1 Å². The van der Waals surface area contributed by atoms with E-state index in [4.69, 9.17) is 40.1 Å². The summed E-state index contributed by atoms with van der Waals surface area (Å²) < 4.78 is 81.0. The fourth-order valence-corrected chi connectivity index (χ4v) is 5.61. The summed E-state index contributed by atoms with van der Waals surface area (Å²) in [5.74, 6) is -8.02. The molecule has 7 nitrogen and oxygen atoms in total. The van der Waals surface area contributed by atoms with Crippen LogP contribution < -0.4 is 10.6 Å². The van der Waals surface area contributed by atoms with Crippen molar-refractivity contribution in [1.82, 2.24) is 10.2 Å². The first-order chi connectivity index (χ1) is 21.5. The number of carbonyl (C=O) groups is 3. The summed E-state index contributed by atoms with van der Waals surface area (Å²) >= 11 is 18.6. The van der Waals surface area contributed by atoms with E-state index in [9.17, 15) is 36.3 Å². The molecule has 2 N–H and O–H groups in total. The van der Waals surface area contributed by atoms with Crippen LogP contribution in [0.15, 0.2) is 72.4 Å². The van der Waals surface area contributed by atoms with E-state index in [0.29, 0.717) is 17.0 Å². The Kier molecular flexibility index (Phi) is 11.6. The third kappa shape index (κ3) is 7.86. The second-order valence-corrected chi connectivity index (χ2v) is 11.5. The van der Waals surface area contributed by atoms with Crippen molar-refractivity contribution in [2.45, 2.75) is 29.8 Å². The highest BCUT2D eigenvalue weighted by atomic mass is 35.5. The van der Waals surface area contributed by atoms with Crippen LogP contribution in [0.3, 0.4) is 0 Å². The van der Waals surface area contributed by atoms with E-state index in [1.807, 2.05) is 0 Å². The number of allylic oxidation sites excluding steroid dienone is 4. The van der Waals surface area contributed by atoms with Gasteiger partial charge in [-0.05, 0) is 48.9 Å². The lowest BCUT2D eigenvalue weighted by Gasteiger charge is -2.23. The van der Waals surface area contributed by atoms with E-state index < -0.39 is 81.8 Å². The van der Waals surface area contributed by atoms with Crippen molar-refractivity contribution in [3.8, 4) is 6.07 Å². The largest absolute Gasteiger partial charge is 0.419 e. The van der Waals surface area contributed by atoms with E-state index in [1.54, 1.807) is 6.07 Å². The summed E-state index contributed by atoms with van der Waals surface area (Å²) in [6, 6.07) is 7.31. The molecule has 1 aliphatic rings. The molecule has 0 aromatic heterocycles. The molecular formula is C30H23Cl3F6N4O3. The number of anilines is 1. The van der Waals surface area contributed by atoms with Gasteiger partial charge in [0.15, 0.2) is 5.83 Å². The Morgan fingerprint density at radius 2 is 1.85 bits per heavy atom. The van der Waals surface area contributed by atoms with Crippen molar-refractivity contribution in [2.75, 3.05) is 18.5 Å². The zero-order valence-electron chi connectivity index (χ0n) is 23.6. The summed E-state index contributed by atoms with van der Waals surface area (Å²) in [6.45, 7) is 3.19. The number of carbonyl (C=O) groups excluding carboxylic acids is 3. The third-order valence-electron chi connectivity index (χ3n) is 6.79. The first-order valence-electron chi connectivity index (χ1n) is 13.1. The van der Waals surface area contributed by atoms with Crippen molar-refractivity contribution in [3.05, 3.63) is 99.9 Å². The van der Waals surface area contributed by atoms with Crippen LogP contribution in [0.25, 0.3) is 0 Å². The molecule has 244 valence electrons. The van der Waals surface area contributed by atoms with Crippen LogP contribution in [0.2, 0.25) is 5.02 Å². The molecular weight excluding hydrogens is 685 g/mol. The minimum absolute atomic E-state index is 0.0432. The molecule has 1 fully saturated rings. The topological polar surface area (TPSA) is 102 Å². The van der Waals surface area contributed by atoms with E-state index in [0.717, 1.165) is 24.3 Å². The summed E-state index contributed by atoms with van der Waals surface area (Å²) in [4.78, 5) is 39.1. The smallest absolute Gasteiger partial charge is 0.326 e.